The second kappa shape index (κ2) is 11.5. The van der Waals surface area contributed by atoms with E-state index in [0.29, 0.717) is 16.9 Å². The fraction of sp³-hybridized carbons (Fsp3) is 1.00. The van der Waals surface area contributed by atoms with Gasteiger partial charge in [-0.05, 0) is 136 Å². The molecular weight excluding hydrogens is 414 g/mol. The van der Waals surface area contributed by atoms with Crippen LogP contribution in [-0.4, -0.2) is 19.3 Å². The van der Waals surface area contributed by atoms with Gasteiger partial charge in [-0.3, -0.25) is 0 Å². The highest BCUT2D eigenvalue weighted by Crippen LogP contribution is 2.68. The number of unbranched alkanes of at least 4 members (excludes halogenated alkanes) is 3. The van der Waals surface area contributed by atoms with Crippen molar-refractivity contribution in [3.8, 4) is 0 Å². The van der Waals surface area contributed by atoms with E-state index in [1.165, 1.54) is 96.3 Å². The number of nitrogens with two attached hydrogens (primary N) is 1. The van der Waals surface area contributed by atoms with Crippen molar-refractivity contribution in [3.63, 3.8) is 0 Å². The minimum atomic E-state index is 0.389. The lowest BCUT2D eigenvalue weighted by atomic mass is 9.43. The fourth-order valence-corrected chi connectivity index (χ4v) is 10.2. The highest BCUT2D eigenvalue weighted by atomic mass is 16.5. The average molecular weight is 474 g/mol. The van der Waals surface area contributed by atoms with Crippen LogP contribution in [-0.2, 0) is 4.74 Å². The SMILES string of the molecule is CCCCCCOCCCC(C)[C@H]1CC[C@H]2[C@@H]3CC[C@H]4C[C@@H](C(C)N)CC[C@]4(C)[C@H]3CC[C@]12C. The molecule has 0 aromatic heterocycles. The fourth-order valence-electron chi connectivity index (χ4n) is 10.2. The number of ether oxygens (including phenoxy) is 1. The molecule has 0 amide bonds. The lowest BCUT2D eigenvalue weighted by Gasteiger charge is -2.61. The summed E-state index contributed by atoms with van der Waals surface area (Å²) in [5, 5.41) is 0. The van der Waals surface area contributed by atoms with Crippen LogP contribution in [0, 0.1) is 52.3 Å². The molecule has 0 radical (unpaired) electrons. The minimum Gasteiger partial charge on any atom is -0.381 e. The van der Waals surface area contributed by atoms with Gasteiger partial charge in [0.15, 0.2) is 0 Å². The largest absolute Gasteiger partial charge is 0.381 e. The van der Waals surface area contributed by atoms with E-state index in [1.54, 1.807) is 0 Å². The molecule has 4 saturated carbocycles. The molecule has 4 rings (SSSR count). The van der Waals surface area contributed by atoms with Crippen molar-refractivity contribution in [1.29, 1.82) is 0 Å². The lowest BCUT2D eigenvalue weighted by molar-refractivity contribution is -0.122. The Balaban J connectivity index is 1.30. The predicted molar refractivity (Wildman–Crippen MR) is 146 cm³/mol. The summed E-state index contributed by atoms with van der Waals surface area (Å²) in [6.07, 6.45) is 21.2. The Morgan fingerprint density at radius 2 is 1.56 bits per heavy atom. The first-order valence-electron chi connectivity index (χ1n) is 15.6. The van der Waals surface area contributed by atoms with Crippen LogP contribution in [0.1, 0.15) is 131 Å². The third-order valence-corrected chi connectivity index (χ3v) is 12.3. The normalized spacial score (nSPS) is 43.6. The third-order valence-electron chi connectivity index (χ3n) is 12.3. The molecule has 4 aliphatic carbocycles. The second-order valence-corrected chi connectivity index (χ2v) is 14.1. The summed E-state index contributed by atoms with van der Waals surface area (Å²) < 4.78 is 5.97. The molecule has 0 bridgehead atoms. The van der Waals surface area contributed by atoms with Gasteiger partial charge in [-0.2, -0.15) is 0 Å². The van der Waals surface area contributed by atoms with E-state index in [1.807, 2.05) is 0 Å². The molecule has 198 valence electrons. The van der Waals surface area contributed by atoms with Crippen molar-refractivity contribution in [2.75, 3.05) is 13.2 Å². The molecule has 0 heterocycles. The molecule has 2 nitrogen and oxygen atoms in total. The Bertz CT molecular complexity index is 633. The number of fused-ring (bicyclic) bond motifs is 5. The van der Waals surface area contributed by atoms with Gasteiger partial charge in [0.25, 0.3) is 0 Å². The average Bonchev–Trinajstić information content (AvgIpc) is 3.17. The quantitative estimate of drug-likeness (QED) is 0.305. The van der Waals surface area contributed by atoms with Crippen LogP contribution >= 0.6 is 0 Å². The van der Waals surface area contributed by atoms with E-state index in [0.717, 1.165) is 54.6 Å². The molecular formula is C32H59NO. The molecule has 2 unspecified atom stereocenters. The summed E-state index contributed by atoms with van der Waals surface area (Å²) in [5.41, 5.74) is 7.57. The maximum atomic E-state index is 6.36. The van der Waals surface area contributed by atoms with Gasteiger partial charge in [0.1, 0.15) is 0 Å². The Morgan fingerprint density at radius 3 is 2.32 bits per heavy atom. The first-order chi connectivity index (χ1) is 16.3. The van der Waals surface area contributed by atoms with Crippen LogP contribution in [0.5, 0.6) is 0 Å². The number of hydrogen-bond acceptors (Lipinski definition) is 2. The van der Waals surface area contributed by atoms with Crippen molar-refractivity contribution >= 4 is 0 Å². The van der Waals surface area contributed by atoms with E-state index < -0.39 is 0 Å². The van der Waals surface area contributed by atoms with E-state index in [-0.39, 0.29) is 0 Å². The Morgan fingerprint density at radius 1 is 0.824 bits per heavy atom. The van der Waals surface area contributed by atoms with Gasteiger partial charge in [-0.25, -0.2) is 0 Å². The molecule has 0 aromatic carbocycles. The third kappa shape index (κ3) is 5.29. The molecule has 2 heteroatoms. The number of rotatable bonds is 11. The zero-order chi connectivity index (χ0) is 24.3. The summed E-state index contributed by atoms with van der Waals surface area (Å²) in [7, 11) is 0. The molecule has 10 atom stereocenters. The lowest BCUT2D eigenvalue weighted by Crippen LogP contribution is -2.54. The van der Waals surface area contributed by atoms with Gasteiger partial charge in [0.2, 0.25) is 0 Å². The zero-order valence-corrected chi connectivity index (χ0v) is 23.6. The van der Waals surface area contributed by atoms with Crippen LogP contribution in [0.4, 0.5) is 0 Å². The van der Waals surface area contributed by atoms with Crippen LogP contribution < -0.4 is 5.73 Å². The molecule has 0 spiro atoms. The Hall–Kier alpha value is -0.0800. The summed E-state index contributed by atoms with van der Waals surface area (Å²) in [6, 6.07) is 0.389. The molecule has 4 fully saturated rings. The van der Waals surface area contributed by atoms with Gasteiger partial charge in [-0.15, -0.1) is 0 Å². The molecule has 0 aromatic rings. The highest BCUT2D eigenvalue weighted by Gasteiger charge is 2.60. The highest BCUT2D eigenvalue weighted by molar-refractivity contribution is 5.09. The Kier molecular flexibility index (Phi) is 9.15. The molecule has 0 saturated heterocycles. The molecule has 2 N–H and O–H groups in total. The van der Waals surface area contributed by atoms with Crippen molar-refractivity contribution in [2.24, 2.45) is 58.0 Å². The van der Waals surface area contributed by atoms with Crippen LogP contribution in [0.15, 0.2) is 0 Å². The maximum Gasteiger partial charge on any atom is 0.0466 e. The monoisotopic (exact) mass is 473 g/mol. The maximum absolute atomic E-state index is 6.36. The Labute approximate surface area is 212 Å². The topological polar surface area (TPSA) is 35.2 Å². The van der Waals surface area contributed by atoms with Gasteiger partial charge in [0, 0.05) is 19.3 Å². The van der Waals surface area contributed by atoms with Crippen molar-refractivity contribution in [3.05, 3.63) is 0 Å². The van der Waals surface area contributed by atoms with Crippen molar-refractivity contribution in [1.82, 2.24) is 0 Å². The van der Waals surface area contributed by atoms with Gasteiger partial charge < -0.3 is 10.5 Å². The van der Waals surface area contributed by atoms with Gasteiger partial charge in [0.05, 0.1) is 0 Å². The molecule has 4 aliphatic rings. The summed E-state index contributed by atoms with van der Waals surface area (Å²) in [5.74, 6) is 6.54. The summed E-state index contributed by atoms with van der Waals surface area (Å²) in [6.45, 7) is 14.5. The van der Waals surface area contributed by atoms with Crippen molar-refractivity contribution in [2.45, 2.75) is 137 Å². The van der Waals surface area contributed by atoms with E-state index in [4.69, 9.17) is 10.5 Å². The van der Waals surface area contributed by atoms with E-state index in [2.05, 4.69) is 34.6 Å². The minimum absolute atomic E-state index is 0.389. The van der Waals surface area contributed by atoms with Gasteiger partial charge in [-0.1, -0.05) is 47.0 Å². The molecule has 0 aliphatic heterocycles. The van der Waals surface area contributed by atoms with Gasteiger partial charge >= 0.3 is 0 Å². The van der Waals surface area contributed by atoms with Crippen molar-refractivity contribution < 1.29 is 4.74 Å². The standard InChI is InChI=1S/C32H59NO/c1-6-7-8-9-20-34-21-10-11-23(2)28-14-15-29-27-13-12-26-22-25(24(3)33)16-18-31(26,4)30(27)17-19-32(28,29)5/h23-30H,6-22,33H2,1-5H3/t23?,24?,25-,26-,27-,28+,29-,30-,31-,32+/m0/s1. The smallest absolute Gasteiger partial charge is 0.0466 e. The van der Waals surface area contributed by atoms with Crippen LogP contribution in [0.3, 0.4) is 0 Å². The van der Waals surface area contributed by atoms with Crippen LogP contribution in [0.25, 0.3) is 0 Å². The first kappa shape index (κ1) is 27.0. The first-order valence-corrected chi connectivity index (χ1v) is 15.6. The second-order valence-electron chi connectivity index (χ2n) is 14.1. The van der Waals surface area contributed by atoms with Crippen LogP contribution in [0.2, 0.25) is 0 Å². The van der Waals surface area contributed by atoms with E-state index >= 15 is 0 Å². The zero-order valence-electron chi connectivity index (χ0n) is 23.6. The van der Waals surface area contributed by atoms with E-state index in [9.17, 15) is 0 Å². The summed E-state index contributed by atoms with van der Waals surface area (Å²) in [4.78, 5) is 0. The molecule has 34 heavy (non-hydrogen) atoms. The number of hydrogen-bond donors (Lipinski definition) is 1. The predicted octanol–water partition coefficient (Wildman–Crippen LogP) is 8.62. The summed E-state index contributed by atoms with van der Waals surface area (Å²) >= 11 is 0.